The van der Waals surface area contributed by atoms with Crippen LogP contribution in [0.4, 0.5) is 4.39 Å². The molecule has 172 valence electrons. The van der Waals surface area contributed by atoms with Gasteiger partial charge in [0, 0.05) is 25.7 Å². The smallest absolute Gasteiger partial charge is 0.237 e. The molecule has 3 nitrogen and oxygen atoms in total. The zero-order valence-corrected chi connectivity index (χ0v) is 19.2. The van der Waals surface area contributed by atoms with Crippen LogP contribution in [0.3, 0.4) is 0 Å². The molecule has 0 bridgehead atoms. The number of nitrogens with zero attached hydrogens (tertiary/aromatic N) is 2. The monoisotopic (exact) mass is 444 g/mol. The Morgan fingerprint density at radius 1 is 0.697 bits per heavy atom. The highest BCUT2D eigenvalue weighted by Crippen LogP contribution is 2.19. The number of rotatable bonds is 10. The van der Waals surface area contributed by atoms with Crippen LogP contribution < -0.4 is 0 Å². The first kappa shape index (κ1) is 23.2. The van der Waals surface area contributed by atoms with E-state index in [1.165, 1.54) is 23.3 Å². The summed E-state index contributed by atoms with van der Waals surface area (Å²) in [6, 6.07) is 28.0. The topological polar surface area (TPSA) is 23.6 Å². The lowest BCUT2D eigenvalue weighted by Crippen LogP contribution is -2.54. The van der Waals surface area contributed by atoms with Gasteiger partial charge in [0.1, 0.15) is 5.82 Å². The molecule has 4 heteroatoms. The summed E-state index contributed by atoms with van der Waals surface area (Å²) >= 11 is 0. The molecule has 0 aliphatic carbocycles. The molecule has 1 aliphatic rings. The number of piperazine rings is 1. The minimum absolute atomic E-state index is 0.209. The van der Waals surface area contributed by atoms with Gasteiger partial charge in [-0.15, -0.1) is 0 Å². The number of carbonyl (C=O) groups excluding carboxylic acids is 1. The van der Waals surface area contributed by atoms with Crippen LogP contribution in [0.15, 0.2) is 84.9 Å². The first-order valence-corrected chi connectivity index (χ1v) is 12.0. The maximum atomic E-state index is 13.2. The lowest BCUT2D eigenvalue weighted by molar-refractivity contribution is -0.139. The van der Waals surface area contributed by atoms with Crippen LogP contribution in [0.5, 0.6) is 0 Å². The zero-order valence-electron chi connectivity index (χ0n) is 19.2. The predicted octanol–water partition coefficient (Wildman–Crippen LogP) is 5.15. The van der Waals surface area contributed by atoms with Crippen LogP contribution >= 0.6 is 0 Å². The molecule has 0 radical (unpaired) electrons. The first-order valence-electron chi connectivity index (χ1n) is 12.0. The molecule has 1 aliphatic heterocycles. The average Bonchev–Trinajstić information content (AvgIpc) is 2.85. The van der Waals surface area contributed by atoms with Crippen LogP contribution in [0, 0.1) is 5.82 Å². The molecule has 0 N–H and O–H groups in total. The number of carbonyl (C=O) groups is 1. The second-order valence-corrected chi connectivity index (χ2v) is 8.94. The lowest BCUT2D eigenvalue weighted by atomic mass is 9.97. The van der Waals surface area contributed by atoms with Crippen molar-refractivity contribution in [2.75, 3.05) is 26.2 Å². The van der Waals surface area contributed by atoms with E-state index < -0.39 is 0 Å². The highest BCUT2D eigenvalue weighted by atomic mass is 19.1. The molecule has 0 spiro atoms. The van der Waals surface area contributed by atoms with Crippen molar-refractivity contribution >= 4 is 5.91 Å². The molecular weight excluding hydrogens is 411 g/mol. The Morgan fingerprint density at radius 2 is 1.24 bits per heavy atom. The molecule has 1 fully saturated rings. The van der Waals surface area contributed by atoms with Gasteiger partial charge in [-0.3, -0.25) is 9.69 Å². The number of amides is 1. The molecule has 0 unspecified atom stereocenters. The summed E-state index contributed by atoms with van der Waals surface area (Å²) in [4.78, 5) is 17.5. The second-order valence-electron chi connectivity index (χ2n) is 8.94. The molecule has 0 aromatic heterocycles. The maximum absolute atomic E-state index is 13.2. The summed E-state index contributed by atoms with van der Waals surface area (Å²) in [5.74, 6) is 0.0195. The number of aryl methyl sites for hydroxylation is 2. The summed E-state index contributed by atoms with van der Waals surface area (Å²) in [5.41, 5.74) is 3.76. The van der Waals surface area contributed by atoms with Crippen molar-refractivity contribution < 1.29 is 9.18 Å². The Hall–Kier alpha value is -2.98. The zero-order chi connectivity index (χ0) is 22.9. The predicted molar refractivity (Wildman–Crippen MR) is 132 cm³/mol. The fourth-order valence-electron chi connectivity index (χ4n) is 4.66. The Bertz CT molecular complexity index is 948. The molecule has 1 heterocycles. The lowest BCUT2D eigenvalue weighted by Gasteiger charge is -2.39. The Labute approximate surface area is 196 Å². The third-order valence-electron chi connectivity index (χ3n) is 6.63. The van der Waals surface area contributed by atoms with Gasteiger partial charge < -0.3 is 4.90 Å². The largest absolute Gasteiger partial charge is 0.337 e. The fourth-order valence-corrected chi connectivity index (χ4v) is 4.66. The van der Waals surface area contributed by atoms with E-state index in [1.807, 2.05) is 24.3 Å². The molecule has 0 saturated carbocycles. The molecule has 1 saturated heterocycles. The van der Waals surface area contributed by atoms with E-state index in [1.54, 1.807) is 0 Å². The van der Waals surface area contributed by atoms with Crippen molar-refractivity contribution in [3.8, 4) is 0 Å². The van der Waals surface area contributed by atoms with E-state index in [4.69, 9.17) is 0 Å². The van der Waals surface area contributed by atoms with Crippen LogP contribution in [0.1, 0.15) is 29.5 Å². The summed E-state index contributed by atoms with van der Waals surface area (Å²) in [7, 11) is 0. The van der Waals surface area contributed by atoms with Crippen LogP contribution in [-0.4, -0.2) is 47.9 Å². The Morgan fingerprint density at radius 3 is 1.79 bits per heavy atom. The van der Waals surface area contributed by atoms with Crippen molar-refractivity contribution in [2.45, 2.75) is 38.1 Å². The maximum Gasteiger partial charge on any atom is 0.237 e. The van der Waals surface area contributed by atoms with Gasteiger partial charge in [0.05, 0.1) is 6.54 Å². The first-order chi connectivity index (χ1) is 16.2. The fraction of sp³-hybridized carbons (Fsp3) is 0.345. The summed E-state index contributed by atoms with van der Waals surface area (Å²) < 4.78 is 13.1. The molecule has 3 aromatic carbocycles. The van der Waals surface area contributed by atoms with E-state index in [2.05, 4.69) is 58.3 Å². The van der Waals surface area contributed by atoms with Gasteiger partial charge in [0.15, 0.2) is 0 Å². The van der Waals surface area contributed by atoms with Crippen LogP contribution in [0.25, 0.3) is 0 Å². The molecule has 0 atom stereocenters. The van der Waals surface area contributed by atoms with E-state index >= 15 is 0 Å². The van der Waals surface area contributed by atoms with E-state index in [9.17, 15) is 9.18 Å². The Kier molecular flexibility index (Phi) is 8.26. The average molecular weight is 445 g/mol. The van der Waals surface area contributed by atoms with Crippen molar-refractivity contribution in [3.05, 3.63) is 107 Å². The van der Waals surface area contributed by atoms with Crippen molar-refractivity contribution in [1.82, 2.24) is 9.80 Å². The quantitative estimate of drug-likeness (QED) is 0.432. The summed E-state index contributed by atoms with van der Waals surface area (Å²) in [6.07, 6.45) is 4.77. The molecule has 3 aromatic rings. The molecule has 1 amide bonds. The van der Waals surface area contributed by atoms with Crippen molar-refractivity contribution in [1.29, 1.82) is 0 Å². The van der Waals surface area contributed by atoms with Gasteiger partial charge in [-0.1, -0.05) is 72.8 Å². The minimum Gasteiger partial charge on any atom is -0.337 e. The minimum atomic E-state index is -0.209. The number of halogens is 1. The van der Waals surface area contributed by atoms with Gasteiger partial charge >= 0.3 is 0 Å². The number of hydrogen-bond acceptors (Lipinski definition) is 2. The highest BCUT2D eigenvalue weighted by molar-refractivity contribution is 5.79. The van der Waals surface area contributed by atoms with Crippen LogP contribution in [0.2, 0.25) is 0 Å². The van der Waals surface area contributed by atoms with E-state index in [-0.39, 0.29) is 17.8 Å². The van der Waals surface area contributed by atoms with Gasteiger partial charge in [-0.25, -0.2) is 4.39 Å². The standard InChI is InChI=1S/C29H33FN2O/c30-27-15-11-26(12-16-27)19-20-31-21-22-32(29(33)23-31)28(17-13-24-7-3-1-4-8-24)18-14-25-9-5-2-6-10-25/h1-12,15-16,28H,13-14,17-23H2. The third-order valence-corrected chi connectivity index (χ3v) is 6.63. The SMILES string of the molecule is O=C1CN(CCc2ccc(F)cc2)CCN1C(CCc1ccccc1)CCc1ccccc1. The second kappa shape index (κ2) is 11.8. The van der Waals surface area contributed by atoms with Gasteiger partial charge in [-0.05, 0) is 60.9 Å². The van der Waals surface area contributed by atoms with E-state index in [0.717, 1.165) is 57.3 Å². The van der Waals surface area contributed by atoms with Crippen molar-refractivity contribution in [3.63, 3.8) is 0 Å². The summed E-state index contributed by atoms with van der Waals surface area (Å²) in [5, 5.41) is 0. The third kappa shape index (κ3) is 7.00. The number of hydrogen-bond donors (Lipinski definition) is 0. The molecule has 4 rings (SSSR count). The van der Waals surface area contributed by atoms with Gasteiger partial charge in [-0.2, -0.15) is 0 Å². The number of benzene rings is 3. The highest BCUT2D eigenvalue weighted by Gasteiger charge is 2.29. The van der Waals surface area contributed by atoms with Crippen molar-refractivity contribution in [2.24, 2.45) is 0 Å². The van der Waals surface area contributed by atoms with Gasteiger partial charge in [0.2, 0.25) is 5.91 Å². The normalized spacial score (nSPS) is 14.7. The molecular formula is C29H33FN2O. The molecule has 33 heavy (non-hydrogen) atoms. The Balaban J connectivity index is 1.34. The van der Waals surface area contributed by atoms with E-state index in [0.29, 0.717) is 6.54 Å². The summed E-state index contributed by atoms with van der Waals surface area (Å²) in [6.45, 7) is 2.95. The van der Waals surface area contributed by atoms with Gasteiger partial charge in [0.25, 0.3) is 0 Å². The van der Waals surface area contributed by atoms with Crippen LogP contribution in [-0.2, 0) is 24.1 Å².